The minimum Gasteiger partial charge on any atom is -0.352 e. The maximum atomic E-state index is 12.0. The van der Waals surface area contributed by atoms with E-state index in [2.05, 4.69) is 5.32 Å². The molecule has 0 aliphatic rings. The summed E-state index contributed by atoms with van der Waals surface area (Å²) in [5.74, 6) is -0.274. The zero-order chi connectivity index (χ0) is 15.5. The molecule has 7 heteroatoms. The van der Waals surface area contributed by atoms with Crippen molar-refractivity contribution < 1.29 is 9.59 Å². The molecule has 0 spiro atoms. The van der Waals surface area contributed by atoms with Crippen LogP contribution in [0.5, 0.6) is 0 Å². The third-order valence-corrected chi connectivity index (χ3v) is 3.16. The van der Waals surface area contributed by atoms with Crippen LogP contribution in [0.4, 0.5) is 0 Å². The van der Waals surface area contributed by atoms with E-state index >= 15 is 0 Å². The molecule has 0 fully saturated rings. The highest BCUT2D eigenvalue weighted by molar-refractivity contribution is 5.83. The first-order valence-corrected chi connectivity index (χ1v) is 7.20. The molecule has 0 aliphatic carbocycles. The Labute approximate surface area is 121 Å². The van der Waals surface area contributed by atoms with Crippen molar-refractivity contribution in [1.29, 1.82) is 0 Å². The number of carbonyl (C=O) groups excluding carboxylic acids is 2. The molecule has 0 bridgehead atoms. The van der Waals surface area contributed by atoms with Crippen molar-refractivity contribution in [2.24, 2.45) is 17.2 Å². The zero-order valence-corrected chi connectivity index (χ0v) is 12.6. The number of rotatable bonds is 10. The molecule has 7 N–H and O–H groups in total. The molecule has 20 heavy (non-hydrogen) atoms. The summed E-state index contributed by atoms with van der Waals surface area (Å²) >= 11 is 0. The van der Waals surface area contributed by atoms with Crippen molar-refractivity contribution in [3.05, 3.63) is 0 Å². The topological polar surface area (TPSA) is 127 Å². The second-order valence-electron chi connectivity index (χ2n) is 4.92. The van der Waals surface area contributed by atoms with Crippen molar-refractivity contribution in [1.82, 2.24) is 10.2 Å². The van der Waals surface area contributed by atoms with Gasteiger partial charge in [-0.1, -0.05) is 6.92 Å². The summed E-state index contributed by atoms with van der Waals surface area (Å²) in [6.45, 7) is 5.64. The van der Waals surface area contributed by atoms with Crippen LogP contribution >= 0.6 is 0 Å². The Hall–Kier alpha value is -1.18. The molecule has 0 aromatic rings. The van der Waals surface area contributed by atoms with Gasteiger partial charge < -0.3 is 27.4 Å². The van der Waals surface area contributed by atoms with Crippen molar-refractivity contribution in [2.45, 2.75) is 45.2 Å². The molecular weight excluding hydrogens is 258 g/mol. The van der Waals surface area contributed by atoms with Crippen molar-refractivity contribution in [3.8, 4) is 0 Å². The average Bonchev–Trinajstić information content (AvgIpc) is 2.43. The lowest BCUT2D eigenvalue weighted by Crippen LogP contribution is -2.45. The van der Waals surface area contributed by atoms with Crippen LogP contribution in [0.25, 0.3) is 0 Å². The van der Waals surface area contributed by atoms with E-state index in [4.69, 9.17) is 17.2 Å². The Morgan fingerprint density at radius 1 is 1.20 bits per heavy atom. The third kappa shape index (κ3) is 7.42. The number of hydrogen-bond acceptors (Lipinski definition) is 5. The number of nitrogens with zero attached hydrogens (tertiary/aromatic N) is 1. The standard InChI is InChI=1S/C13H29N5O2/c1-3-10(2)17-13(20)11(16)4-5-12(19)18(8-6-14)9-7-15/h10-11H,3-9,14-16H2,1-2H3,(H,17,20). The number of nitrogens with one attached hydrogen (secondary N) is 1. The average molecular weight is 287 g/mol. The first kappa shape index (κ1) is 18.8. The van der Waals surface area contributed by atoms with Gasteiger partial charge in [-0.15, -0.1) is 0 Å². The van der Waals surface area contributed by atoms with Gasteiger partial charge in [-0.25, -0.2) is 0 Å². The molecule has 2 amide bonds. The van der Waals surface area contributed by atoms with Crippen LogP contribution in [0.15, 0.2) is 0 Å². The third-order valence-electron chi connectivity index (χ3n) is 3.16. The Morgan fingerprint density at radius 2 is 1.75 bits per heavy atom. The Balaban J connectivity index is 4.17. The largest absolute Gasteiger partial charge is 0.352 e. The molecule has 0 radical (unpaired) electrons. The predicted molar refractivity (Wildman–Crippen MR) is 79.8 cm³/mol. The molecular formula is C13H29N5O2. The van der Waals surface area contributed by atoms with Crippen LogP contribution in [0, 0.1) is 0 Å². The van der Waals surface area contributed by atoms with Gasteiger partial charge in [0, 0.05) is 38.6 Å². The first-order valence-electron chi connectivity index (χ1n) is 7.20. The highest BCUT2D eigenvalue weighted by Crippen LogP contribution is 2.01. The van der Waals surface area contributed by atoms with Gasteiger partial charge in [0.15, 0.2) is 0 Å². The quantitative estimate of drug-likeness (QED) is 0.399. The van der Waals surface area contributed by atoms with E-state index in [0.717, 1.165) is 6.42 Å². The lowest BCUT2D eigenvalue weighted by Gasteiger charge is -2.22. The summed E-state index contributed by atoms with van der Waals surface area (Å²) < 4.78 is 0. The summed E-state index contributed by atoms with van der Waals surface area (Å²) in [5.41, 5.74) is 16.7. The zero-order valence-electron chi connectivity index (χ0n) is 12.6. The van der Waals surface area contributed by atoms with Crippen LogP contribution in [0.2, 0.25) is 0 Å². The number of nitrogens with two attached hydrogens (primary N) is 3. The lowest BCUT2D eigenvalue weighted by molar-refractivity contribution is -0.131. The van der Waals surface area contributed by atoms with Gasteiger partial charge >= 0.3 is 0 Å². The molecule has 0 aromatic heterocycles. The van der Waals surface area contributed by atoms with E-state index in [1.807, 2.05) is 13.8 Å². The normalized spacial score (nSPS) is 13.7. The highest BCUT2D eigenvalue weighted by Gasteiger charge is 2.18. The van der Waals surface area contributed by atoms with Gasteiger partial charge in [-0.3, -0.25) is 9.59 Å². The van der Waals surface area contributed by atoms with E-state index in [1.165, 1.54) is 0 Å². The van der Waals surface area contributed by atoms with Gasteiger partial charge in [0.05, 0.1) is 6.04 Å². The number of hydrogen-bond donors (Lipinski definition) is 4. The fourth-order valence-electron chi connectivity index (χ4n) is 1.69. The molecule has 0 saturated heterocycles. The lowest BCUT2D eigenvalue weighted by atomic mass is 10.1. The minimum atomic E-state index is -0.662. The smallest absolute Gasteiger partial charge is 0.237 e. The van der Waals surface area contributed by atoms with Gasteiger partial charge in [0.2, 0.25) is 11.8 Å². The predicted octanol–water partition coefficient (Wildman–Crippen LogP) is -1.25. The summed E-state index contributed by atoms with van der Waals surface area (Å²) in [5, 5.41) is 2.80. The Bertz CT molecular complexity index is 292. The van der Waals surface area contributed by atoms with Crippen molar-refractivity contribution in [3.63, 3.8) is 0 Å². The van der Waals surface area contributed by atoms with Gasteiger partial charge in [0.1, 0.15) is 0 Å². The van der Waals surface area contributed by atoms with E-state index < -0.39 is 6.04 Å². The molecule has 2 unspecified atom stereocenters. The second-order valence-corrected chi connectivity index (χ2v) is 4.92. The Morgan fingerprint density at radius 3 is 2.20 bits per heavy atom. The van der Waals surface area contributed by atoms with Crippen molar-refractivity contribution in [2.75, 3.05) is 26.2 Å². The summed E-state index contributed by atoms with van der Waals surface area (Å²) in [6, 6.07) is -0.569. The highest BCUT2D eigenvalue weighted by atomic mass is 16.2. The molecule has 0 heterocycles. The second kappa shape index (κ2) is 10.6. The van der Waals surface area contributed by atoms with E-state index in [-0.39, 0.29) is 24.3 Å². The van der Waals surface area contributed by atoms with Crippen LogP contribution in [-0.2, 0) is 9.59 Å². The van der Waals surface area contributed by atoms with E-state index in [0.29, 0.717) is 32.6 Å². The van der Waals surface area contributed by atoms with Crippen LogP contribution < -0.4 is 22.5 Å². The first-order chi connectivity index (χ1) is 9.46. The van der Waals surface area contributed by atoms with Crippen LogP contribution in [0.3, 0.4) is 0 Å². The monoisotopic (exact) mass is 287 g/mol. The Kier molecular flexibility index (Phi) is 9.96. The van der Waals surface area contributed by atoms with E-state index in [9.17, 15) is 9.59 Å². The van der Waals surface area contributed by atoms with Gasteiger partial charge in [0.25, 0.3) is 0 Å². The van der Waals surface area contributed by atoms with E-state index in [1.54, 1.807) is 4.90 Å². The molecule has 0 rings (SSSR count). The van der Waals surface area contributed by atoms with Crippen molar-refractivity contribution >= 4 is 11.8 Å². The molecule has 2 atom stereocenters. The molecule has 7 nitrogen and oxygen atoms in total. The molecule has 0 aliphatic heterocycles. The van der Waals surface area contributed by atoms with Crippen LogP contribution in [0.1, 0.15) is 33.1 Å². The summed E-state index contributed by atoms with van der Waals surface area (Å²) in [4.78, 5) is 25.3. The number of carbonyl (C=O) groups is 2. The van der Waals surface area contributed by atoms with Gasteiger partial charge in [-0.2, -0.15) is 0 Å². The molecule has 118 valence electrons. The summed E-state index contributed by atoms with van der Waals surface area (Å²) in [6.07, 6.45) is 1.40. The number of amides is 2. The fraction of sp³-hybridized carbons (Fsp3) is 0.846. The van der Waals surface area contributed by atoms with Gasteiger partial charge in [-0.05, 0) is 19.8 Å². The SMILES string of the molecule is CCC(C)NC(=O)C(N)CCC(=O)N(CCN)CCN. The molecule has 0 saturated carbocycles. The maximum absolute atomic E-state index is 12.0. The summed E-state index contributed by atoms with van der Waals surface area (Å²) in [7, 11) is 0. The fourth-order valence-corrected chi connectivity index (χ4v) is 1.69. The maximum Gasteiger partial charge on any atom is 0.237 e. The minimum absolute atomic E-state index is 0.0623. The van der Waals surface area contributed by atoms with Crippen LogP contribution in [-0.4, -0.2) is 55.0 Å². The molecule has 0 aromatic carbocycles.